The van der Waals surface area contributed by atoms with Gasteiger partial charge in [-0.3, -0.25) is 14.2 Å². The second-order valence-corrected chi connectivity index (χ2v) is 8.44. The van der Waals surface area contributed by atoms with Crippen molar-refractivity contribution in [3.05, 3.63) is 52.9 Å². The van der Waals surface area contributed by atoms with E-state index in [-0.39, 0.29) is 17.8 Å². The van der Waals surface area contributed by atoms with Gasteiger partial charge in [0.1, 0.15) is 5.65 Å². The zero-order chi connectivity index (χ0) is 24.5. The Morgan fingerprint density at radius 3 is 2.56 bits per heavy atom. The second kappa shape index (κ2) is 7.40. The molecule has 1 aliphatic rings. The van der Waals surface area contributed by atoms with Gasteiger partial charge in [-0.2, -0.15) is 23.4 Å². The Balaban J connectivity index is 1.55. The molecule has 0 bridgehead atoms. The van der Waals surface area contributed by atoms with Gasteiger partial charge in [-0.25, -0.2) is 9.37 Å². The van der Waals surface area contributed by atoms with E-state index in [1.54, 1.807) is 37.8 Å². The standard InChI is InChI=1S/C22H21F4N7O/c1-11-18-13(19(32(4)29-18)15-9-16(22(24,25)26)28-31(15)3)6-8-33(11)21(34)17-12-5-7-30(2)20(12)27-10-14(17)23/h5,7,9-11H,6,8H2,1-4H3/t11-/m0/s1. The van der Waals surface area contributed by atoms with Crippen molar-refractivity contribution in [1.29, 1.82) is 0 Å². The van der Waals surface area contributed by atoms with Crippen LogP contribution in [0.15, 0.2) is 24.5 Å². The lowest BCUT2D eigenvalue weighted by atomic mass is 9.96. The molecule has 1 aliphatic heterocycles. The molecule has 12 heteroatoms. The molecule has 0 unspecified atom stereocenters. The maximum absolute atomic E-state index is 14.7. The van der Waals surface area contributed by atoms with Crippen LogP contribution in [0.1, 0.15) is 40.3 Å². The average molecular weight is 475 g/mol. The minimum Gasteiger partial charge on any atom is -0.336 e. The van der Waals surface area contributed by atoms with Crippen LogP contribution in [-0.2, 0) is 33.7 Å². The van der Waals surface area contributed by atoms with Gasteiger partial charge in [0.05, 0.1) is 34.9 Å². The number of carbonyl (C=O) groups is 1. The van der Waals surface area contributed by atoms with Crippen LogP contribution < -0.4 is 0 Å². The number of hydrogen-bond acceptors (Lipinski definition) is 4. The van der Waals surface area contributed by atoms with Crippen LogP contribution in [-0.4, -0.2) is 46.5 Å². The number of halogens is 4. The van der Waals surface area contributed by atoms with Crippen LogP contribution in [0.3, 0.4) is 0 Å². The van der Waals surface area contributed by atoms with Crippen molar-refractivity contribution in [2.45, 2.75) is 25.6 Å². The fourth-order valence-electron chi connectivity index (χ4n) is 4.72. The topological polar surface area (TPSA) is 73.8 Å². The first-order valence-corrected chi connectivity index (χ1v) is 10.6. The summed E-state index contributed by atoms with van der Waals surface area (Å²) in [4.78, 5) is 19.1. The molecular formula is C22H21F4N7O. The highest BCUT2D eigenvalue weighted by Crippen LogP contribution is 2.38. The maximum Gasteiger partial charge on any atom is 0.435 e. The zero-order valence-electron chi connectivity index (χ0n) is 18.9. The Bertz CT molecular complexity index is 1450. The number of rotatable bonds is 2. The lowest BCUT2D eigenvalue weighted by Gasteiger charge is -2.33. The Kier molecular flexibility index (Phi) is 4.81. The van der Waals surface area contributed by atoms with E-state index in [0.717, 1.165) is 17.8 Å². The Hall–Kier alpha value is -3.70. The van der Waals surface area contributed by atoms with Gasteiger partial charge in [0.25, 0.3) is 5.91 Å². The normalized spacial score (nSPS) is 16.4. The molecule has 0 fully saturated rings. The van der Waals surface area contributed by atoms with Gasteiger partial charge >= 0.3 is 6.18 Å². The van der Waals surface area contributed by atoms with E-state index in [1.165, 1.54) is 21.3 Å². The van der Waals surface area contributed by atoms with Crippen LogP contribution in [0.2, 0.25) is 0 Å². The molecule has 0 saturated carbocycles. The number of pyridine rings is 1. The van der Waals surface area contributed by atoms with Crippen molar-refractivity contribution in [1.82, 2.24) is 34.0 Å². The predicted molar refractivity (Wildman–Crippen MR) is 114 cm³/mol. The van der Waals surface area contributed by atoms with Crippen molar-refractivity contribution in [2.24, 2.45) is 21.1 Å². The summed E-state index contributed by atoms with van der Waals surface area (Å²) >= 11 is 0. The third-order valence-corrected chi connectivity index (χ3v) is 6.38. The SMILES string of the molecule is C[C@H]1c2nn(C)c(-c3cc(C(F)(F)F)nn3C)c2CCN1C(=O)c1c(F)cnc2c1ccn2C. The van der Waals surface area contributed by atoms with Crippen LogP contribution in [0, 0.1) is 5.82 Å². The first-order chi connectivity index (χ1) is 16.0. The lowest BCUT2D eigenvalue weighted by molar-refractivity contribution is -0.141. The minimum absolute atomic E-state index is 0.0569. The van der Waals surface area contributed by atoms with Crippen molar-refractivity contribution in [2.75, 3.05) is 6.54 Å². The van der Waals surface area contributed by atoms with E-state index < -0.39 is 29.6 Å². The van der Waals surface area contributed by atoms with Crippen molar-refractivity contribution in [3.8, 4) is 11.4 Å². The molecule has 8 nitrogen and oxygen atoms in total. The van der Waals surface area contributed by atoms with E-state index in [0.29, 0.717) is 28.8 Å². The van der Waals surface area contributed by atoms with Gasteiger partial charge in [-0.1, -0.05) is 0 Å². The number of hydrogen-bond donors (Lipinski definition) is 0. The highest BCUT2D eigenvalue weighted by atomic mass is 19.4. The van der Waals surface area contributed by atoms with Crippen molar-refractivity contribution >= 4 is 16.9 Å². The van der Waals surface area contributed by atoms with Crippen LogP contribution in [0.4, 0.5) is 17.6 Å². The average Bonchev–Trinajstić information content (AvgIpc) is 3.42. The van der Waals surface area contributed by atoms with Crippen LogP contribution in [0.5, 0.6) is 0 Å². The van der Waals surface area contributed by atoms with Gasteiger partial charge in [0.2, 0.25) is 0 Å². The summed E-state index contributed by atoms with van der Waals surface area (Å²) in [6.45, 7) is 2.03. The Morgan fingerprint density at radius 2 is 1.88 bits per heavy atom. The summed E-state index contributed by atoms with van der Waals surface area (Å²) in [5.41, 5.74) is 1.55. The monoisotopic (exact) mass is 475 g/mol. The first-order valence-electron chi connectivity index (χ1n) is 10.6. The molecule has 1 atom stereocenters. The summed E-state index contributed by atoms with van der Waals surface area (Å²) in [7, 11) is 4.85. The van der Waals surface area contributed by atoms with Gasteiger partial charge in [0, 0.05) is 44.8 Å². The molecule has 0 aliphatic carbocycles. The number of fused-ring (bicyclic) bond motifs is 2. The van der Waals surface area contributed by atoms with E-state index in [2.05, 4.69) is 15.2 Å². The van der Waals surface area contributed by atoms with Crippen LogP contribution >= 0.6 is 0 Å². The largest absolute Gasteiger partial charge is 0.435 e. The second-order valence-electron chi connectivity index (χ2n) is 8.44. The molecule has 4 aromatic rings. The molecule has 0 saturated heterocycles. The zero-order valence-corrected chi connectivity index (χ0v) is 18.9. The number of nitrogens with zero attached hydrogens (tertiary/aromatic N) is 7. The van der Waals surface area contributed by atoms with Crippen molar-refractivity contribution < 1.29 is 22.4 Å². The number of amides is 1. The lowest BCUT2D eigenvalue weighted by Crippen LogP contribution is -2.39. The van der Waals surface area contributed by atoms with E-state index >= 15 is 0 Å². The molecule has 5 heterocycles. The molecule has 4 aromatic heterocycles. The highest BCUT2D eigenvalue weighted by Gasteiger charge is 2.38. The van der Waals surface area contributed by atoms with Gasteiger partial charge in [0.15, 0.2) is 11.5 Å². The number of aryl methyl sites for hydroxylation is 3. The summed E-state index contributed by atoms with van der Waals surface area (Å²) in [6, 6.07) is 2.13. The molecule has 0 radical (unpaired) electrons. The van der Waals surface area contributed by atoms with E-state index in [4.69, 9.17) is 0 Å². The van der Waals surface area contributed by atoms with Gasteiger partial charge in [-0.05, 0) is 25.5 Å². The number of alkyl halides is 3. The summed E-state index contributed by atoms with van der Waals surface area (Å²) in [6.07, 6.45) is -1.47. The van der Waals surface area contributed by atoms with E-state index in [1.807, 2.05) is 0 Å². The molecule has 178 valence electrons. The molecule has 0 aromatic carbocycles. The predicted octanol–water partition coefficient (Wildman–Crippen LogP) is 3.62. The maximum atomic E-state index is 14.7. The third-order valence-electron chi connectivity index (χ3n) is 6.38. The molecule has 0 N–H and O–H groups in total. The fourth-order valence-corrected chi connectivity index (χ4v) is 4.72. The smallest absolute Gasteiger partial charge is 0.336 e. The molecular weight excluding hydrogens is 454 g/mol. The Labute approximate surface area is 191 Å². The molecule has 5 rings (SSSR count). The summed E-state index contributed by atoms with van der Waals surface area (Å²) in [5.74, 6) is -1.20. The summed E-state index contributed by atoms with van der Waals surface area (Å²) < 4.78 is 58.7. The summed E-state index contributed by atoms with van der Waals surface area (Å²) in [5, 5.41) is 8.55. The quantitative estimate of drug-likeness (QED) is 0.415. The fraction of sp³-hybridized carbons (Fsp3) is 0.364. The Morgan fingerprint density at radius 1 is 1.15 bits per heavy atom. The van der Waals surface area contributed by atoms with E-state index in [9.17, 15) is 22.4 Å². The highest BCUT2D eigenvalue weighted by molar-refractivity contribution is 6.06. The van der Waals surface area contributed by atoms with Crippen LogP contribution in [0.25, 0.3) is 22.4 Å². The van der Waals surface area contributed by atoms with Crippen molar-refractivity contribution in [3.63, 3.8) is 0 Å². The van der Waals surface area contributed by atoms with Gasteiger partial charge < -0.3 is 9.47 Å². The molecule has 1 amide bonds. The third kappa shape index (κ3) is 3.19. The number of carbonyl (C=O) groups excluding carboxylic acids is 1. The molecule has 0 spiro atoms. The number of aromatic nitrogens is 6. The molecule has 34 heavy (non-hydrogen) atoms. The minimum atomic E-state index is -4.57. The first kappa shape index (κ1) is 22.1. The van der Waals surface area contributed by atoms with Gasteiger partial charge in [-0.15, -0.1) is 0 Å².